The molecule has 1 aliphatic heterocycles. The summed E-state index contributed by atoms with van der Waals surface area (Å²) < 4.78 is 24.9. The molecule has 3 rings (SSSR count). The summed E-state index contributed by atoms with van der Waals surface area (Å²) >= 11 is 0. The molecule has 0 amide bonds. The second-order valence-corrected chi connectivity index (χ2v) is 7.27. The lowest BCUT2D eigenvalue weighted by Crippen LogP contribution is -2.48. The van der Waals surface area contributed by atoms with Crippen LogP contribution in [0.1, 0.15) is 26.0 Å². The maximum atomic E-state index is 13.2. The van der Waals surface area contributed by atoms with Crippen LogP contribution in [0.2, 0.25) is 0 Å². The van der Waals surface area contributed by atoms with E-state index in [1.165, 1.54) is 12.1 Å². The van der Waals surface area contributed by atoms with E-state index in [9.17, 15) is 4.39 Å². The van der Waals surface area contributed by atoms with Gasteiger partial charge >= 0.3 is 0 Å². The van der Waals surface area contributed by atoms with Crippen molar-refractivity contribution >= 4 is 0 Å². The zero-order chi connectivity index (χ0) is 19.3. The van der Waals surface area contributed by atoms with Gasteiger partial charge in [0.15, 0.2) is 0 Å². The molecule has 2 aromatic rings. The van der Waals surface area contributed by atoms with Crippen LogP contribution in [0.4, 0.5) is 4.39 Å². The lowest BCUT2D eigenvalue weighted by atomic mass is 10.1. The monoisotopic (exact) mass is 369 g/mol. The van der Waals surface area contributed by atoms with E-state index in [1.807, 2.05) is 6.07 Å². The maximum absolute atomic E-state index is 13.2. The standard InChI is InChI=1S/C21H24FN3O2/c1-21(2)15-25(9-11-27-21)8-3-10-26-20-14-24-18(13-23)12-19(20)16-4-6-17(22)7-5-16/h4-7,12,14H,3,8-11,15H2,1-2H3. The predicted molar refractivity (Wildman–Crippen MR) is 101 cm³/mol. The molecule has 1 saturated heterocycles. The molecule has 0 bridgehead atoms. The first kappa shape index (κ1) is 19.3. The summed E-state index contributed by atoms with van der Waals surface area (Å²) in [6, 6.07) is 9.85. The third-order valence-corrected chi connectivity index (χ3v) is 4.52. The molecule has 0 unspecified atom stereocenters. The lowest BCUT2D eigenvalue weighted by molar-refractivity contribution is -0.0864. The predicted octanol–water partition coefficient (Wildman–Crippen LogP) is 3.64. The average Bonchev–Trinajstić information content (AvgIpc) is 2.65. The van der Waals surface area contributed by atoms with Crippen LogP contribution in [-0.4, -0.2) is 48.3 Å². The van der Waals surface area contributed by atoms with Crippen LogP contribution in [0.25, 0.3) is 11.1 Å². The summed E-state index contributed by atoms with van der Waals surface area (Å²) in [6.07, 6.45) is 2.44. The first-order valence-electron chi connectivity index (χ1n) is 9.12. The second kappa shape index (κ2) is 8.47. The molecular weight excluding hydrogens is 345 g/mol. The minimum Gasteiger partial charge on any atom is -0.491 e. The number of nitrogens with zero attached hydrogens (tertiary/aromatic N) is 3. The van der Waals surface area contributed by atoms with Crippen molar-refractivity contribution in [1.29, 1.82) is 5.26 Å². The van der Waals surface area contributed by atoms with Crippen molar-refractivity contribution in [3.63, 3.8) is 0 Å². The third kappa shape index (κ3) is 5.25. The highest BCUT2D eigenvalue weighted by Gasteiger charge is 2.26. The van der Waals surface area contributed by atoms with Gasteiger partial charge < -0.3 is 9.47 Å². The highest BCUT2D eigenvalue weighted by atomic mass is 19.1. The molecule has 5 nitrogen and oxygen atoms in total. The molecule has 1 aromatic heterocycles. The highest BCUT2D eigenvalue weighted by molar-refractivity contribution is 5.70. The number of pyridine rings is 1. The molecule has 0 atom stereocenters. The van der Waals surface area contributed by atoms with E-state index in [1.54, 1.807) is 24.4 Å². The van der Waals surface area contributed by atoms with E-state index in [0.29, 0.717) is 18.1 Å². The number of halogens is 1. The van der Waals surface area contributed by atoms with Crippen LogP contribution >= 0.6 is 0 Å². The van der Waals surface area contributed by atoms with Gasteiger partial charge in [0.25, 0.3) is 0 Å². The Bertz CT molecular complexity index is 815. The van der Waals surface area contributed by atoms with Crippen molar-refractivity contribution in [2.75, 3.05) is 32.8 Å². The normalized spacial score (nSPS) is 16.7. The number of aromatic nitrogens is 1. The van der Waals surface area contributed by atoms with E-state index in [-0.39, 0.29) is 11.4 Å². The molecule has 0 saturated carbocycles. The fourth-order valence-electron chi connectivity index (χ4n) is 3.25. The zero-order valence-corrected chi connectivity index (χ0v) is 15.7. The Labute approximate surface area is 159 Å². The van der Waals surface area contributed by atoms with Gasteiger partial charge in [-0.05, 0) is 44.0 Å². The van der Waals surface area contributed by atoms with Gasteiger partial charge in [-0.15, -0.1) is 0 Å². The number of nitriles is 1. The fourth-order valence-corrected chi connectivity index (χ4v) is 3.25. The van der Waals surface area contributed by atoms with Gasteiger partial charge in [-0.2, -0.15) is 5.26 Å². The fraction of sp³-hybridized carbons (Fsp3) is 0.429. The Kier molecular flexibility index (Phi) is 6.04. The quantitative estimate of drug-likeness (QED) is 0.728. The molecule has 1 aliphatic rings. The summed E-state index contributed by atoms with van der Waals surface area (Å²) in [6.45, 7) is 8.28. The van der Waals surface area contributed by atoms with Crippen LogP contribution in [0.3, 0.4) is 0 Å². The topological polar surface area (TPSA) is 58.4 Å². The van der Waals surface area contributed by atoms with E-state index >= 15 is 0 Å². The smallest absolute Gasteiger partial charge is 0.145 e. The molecule has 142 valence electrons. The Hall–Kier alpha value is -2.49. The number of hydrogen-bond donors (Lipinski definition) is 0. The minimum absolute atomic E-state index is 0.105. The summed E-state index contributed by atoms with van der Waals surface area (Å²) in [7, 11) is 0. The molecule has 0 aliphatic carbocycles. The molecule has 0 N–H and O–H groups in total. The molecule has 2 heterocycles. The zero-order valence-electron chi connectivity index (χ0n) is 15.7. The average molecular weight is 369 g/mol. The molecular formula is C21H24FN3O2. The van der Waals surface area contributed by atoms with Gasteiger partial charge in [0.1, 0.15) is 23.3 Å². The number of rotatable bonds is 6. The summed E-state index contributed by atoms with van der Waals surface area (Å²) in [5.41, 5.74) is 1.73. The molecule has 1 fully saturated rings. The third-order valence-electron chi connectivity index (χ3n) is 4.52. The van der Waals surface area contributed by atoms with Gasteiger partial charge in [0.05, 0.1) is 25.0 Å². The van der Waals surface area contributed by atoms with Crippen molar-refractivity contribution in [3.8, 4) is 22.9 Å². The van der Waals surface area contributed by atoms with Gasteiger partial charge in [-0.25, -0.2) is 9.37 Å². The largest absolute Gasteiger partial charge is 0.491 e. The summed E-state index contributed by atoms with van der Waals surface area (Å²) in [5.74, 6) is 0.298. The first-order chi connectivity index (χ1) is 13.0. The van der Waals surface area contributed by atoms with Crippen LogP contribution in [0.15, 0.2) is 36.5 Å². The number of morpholine rings is 1. The van der Waals surface area contributed by atoms with Crippen molar-refractivity contribution in [3.05, 3.63) is 48.0 Å². The Morgan fingerprint density at radius 1 is 1.33 bits per heavy atom. The summed E-state index contributed by atoms with van der Waals surface area (Å²) in [5, 5.41) is 9.12. The van der Waals surface area contributed by atoms with Gasteiger partial charge in [-0.1, -0.05) is 12.1 Å². The van der Waals surface area contributed by atoms with Gasteiger partial charge in [0, 0.05) is 25.2 Å². The van der Waals surface area contributed by atoms with E-state index in [0.717, 1.165) is 43.8 Å². The number of hydrogen-bond acceptors (Lipinski definition) is 5. The van der Waals surface area contributed by atoms with Crippen LogP contribution in [-0.2, 0) is 4.74 Å². The van der Waals surface area contributed by atoms with Crippen LogP contribution < -0.4 is 4.74 Å². The van der Waals surface area contributed by atoms with E-state index in [2.05, 4.69) is 23.7 Å². The lowest BCUT2D eigenvalue weighted by Gasteiger charge is -2.38. The molecule has 1 aromatic carbocycles. The van der Waals surface area contributed by atoms with Crippen LogP contribution in [0.5, 0.6) is 5.75 Å². The van der Waals surface area contributed by atoms with Gasteiger partial charge in [0.2, 0.25) is 0 Å². The second-order valence-electron chi connectivity index (χ2n) is 7.27. The van der Waals surface area contributed by atoms with E-state index < -0.39 is 0 Å². The molecule has 6 heteroatoms. The van der Waals surface area contributed by atoms with E-state index in [4.69, 9.17) is 14.7 Å². The maximum Gasteiger partial charge on any atom is 0.145 e. The molecule has 0 spiro atoms. The first-order valence-corrected chi connectivity index (χ1v) is 9.12. The van der Waals surface area contributed by atoms with Crippen molar-refractivity contribution in [1.82, 2.24) is 9.88 Å². The minimum atomic E-state index is -0.302. The Balaban J connectivity index is 1.63. The molecule has 27 heavy (non-hydrogen) atoms. The SMILES string of the molecule is CC1(C)CN(CCCOc2cnc(C#N)cc2-c2ccc(F)cc2)CCO1. The Morgan fingerprint density at radius 2 is 2.11 bits per heavy atom. The molecule has 0 radical (unpaired) electrons. The highest BCUT2D eigenvalue weighted by Crippen LogP contribution is 2.30. The van der Waals surface area contributed by atoms with Crippen molar-refractivity contribution in [2.24, 2.45) is 0 Å². The van der Waals surface area contributed by atoms with Crippen LogP contribution in [0, 0.1) is 17.1 Å². The number of benzene rings is 1. The van der Waals surface area contributed by atoms with Crippen molar-refractivity contribution < 1.29 is 13.9 Å². The van der Waals surface area contributed by atoms with Gasteiger partial charge in [-0.3, -0.25) is 4.90 Å². The Morgan fingerprint density at radius 3 is 2.81 bits per heavy atom. The number of ether oxygens (including phenoxy) is 2. The van der Waals surface area contributed by atoms with Crippen molar-refractivity contribution in [2.45, 2.75) is 25.9 Å². The summed E-state index contributed by atoms with van der Waals surface area (Å²) in [4.78, 5) is 6.48.